The SMILES string of the molecule is CC(C)COC(=O)N1CCCN(C(=O)c2ccnc(Cl)c2)CC1. The first-order chi connectivity index (χ1) is 11.0. The maximum Gasteiger partial charge on any atom is 0.409 e. The fourth-order valence-corrected chi connectivity index (χ4v) is 2.52. The third-order valence-corrected chi connectivity index (χ3v) is 3.76. The van der Waals surface area contributed by atoms with E-state index in [0.717, 1.165) is 6.42 Å². The quantitative estimate of drug-likeness (QED) is 0.794. The second-order valence-corrected chi connectivity index (χ2v) is 6.36. The van der Waals surface area contributed by atoms with Crippen LogP contribution in [0.4, 0.5) is 4.79 Å². The number of nitrogens with zero attached hydrogens (tertiary/aromatic N) is 3. The molecular formula is C16H22ClN3O3. The number of ether oxygens (including phenoxy) is 1. The molecule has 0 spiro atoms. The summed E-state index contributed by atoms with van der Waals surface area (Å²) < 4.78 is 5.25. The fraction of sp³-hybridized carbons (Fsp3) is 0.562. The number of halogens is 1. The Morgan fingerprint density at radius 2 is 1.96 bits per heavy atom. The number of carbonyl (C=O) groups is 2. The molecule has 1 aliphatic heterocycles. The van der Waals surface area contributed by atoms with E-state index in [1.54, 1.807) is 21.9 Å². The number of hydrogen-bond acceptors (Lipinski definition) is 4. The molecule has 1 aliphatic rings. The summed E-state index contributed by atoms with van der Waals surface area (Å²) in [6.07, 6.45) is 1.93. The van der Waals surface area contributed by atoms with Crippen molar-refractivity contribution in [2.45, 2.75) is 20.3 Å². The van der Waals surface area contributed by atoms with Crippen molar-refractivity contribution in [3.63, 3.8) is 0 Å². The lowest BCUT2D eigenvalue weighted by Crippen LogP contribution is -2.38. The van der Waals surface area contributed by atoms with Crippen molar-refractivity contribution in [1.29, 1.82) is 0 Å². The van der Waals surface area contributed by atoms with Crippen LogP contribution in [0, 0.1) is 5.92 Å². The Hall–Kier alpha value is -1.82. The summed E-state index contributed by atoms with van der Waals surface area (Å²) in [6, 6.07) is 3.21. The van der Waals surface area contributed by atoms with Crippen LogP contribution in [0.2, 0.25) is 5.15 Å². The van der Waals surface area contributed by atoms with Gasteiger partial charge in [0.15, 0.2) is 0 Å². The van der Waals surface area contributed by atoms with E-state index in [0.29, 0.717) is 49.4 Å². The van der Waals surface area contributed by atoms with Crippen LogP contribution in [0.15, 0.2) is 18.3 Å². The minimum absolute atomic E-state index is 0.0910. The lowest BCUT2D eigenvalue weighted by atomic mass is 10.2. The Morgan fingerprint density at radius 1 is 1.26 bits per heavy atom. The van der Waals surface area contributed by atoms with E-state index in [2.05, 4.69) is 4.98 Å². The van der Waals surface area contributed by atoms with Crippen molar-refractivity contribution < 1.29 is 14.3 Å². The highest BCUT2D eigenvalue weighted by Crippen LogP contribution is 2.13. The Balaban J connectivity index is 1.93. The van der Waals surface area contributed by atoms with Crippen LogP contribution >= 0.6 is 11.6 Å². The Bertz CT molecular complexity index is 565. The number of pyridine rings is 1. The van der Waals surface area contributed by atoms with Crippen molar-refractivity contribution in [2.75, 3.05) is 32.8 Å². The average molecular weight is 340 g/mol. The molecular weight excluding hydrogens is 318 g/mol. The van der Waals surface area contributed by atoms with Crippen LogP contribution in [0.25, 0.3) is 0 Å². The predicted molar refractivity (Wildman–Crippen MR) is 87.5 cm³/mol. The molecule has 126 valence electrons. The van der Waals surface area contributed by atoms with Gasteiger partial charge in [-0.05, 0) is 24.5 Å². The fourth-order valence-electron chi connectivity index (χ4n) is 2.35. The molecule has 0 aliphatic carbocycles. The van der Waals surface area contributed by atoms with Gasteiger partial charge in [-0.25, -0.2) is 9.78 Å². The van der Waals surface area contributed by atoms with Gasteiger partial charge in [0, 0.05) is 37.9 Å². The molecule has 6 nitrogen and oxygen atoms in total. The zero-order valence-corrected chi connectivity index (χ0v) is 14.3. The molecule has 2 amide bonds. The van der Waals surface area contributed by atoms with E-state index in [9.17, 15) is 9.59 Å². The second-order valence-electron chi connectivity index (χ2n) is 5.97. The molecule has 2 heterocycles. The van der Waals surface area contributed by atoms with Gasteiger partial charge in [0.2, 0.25) is 0 Å². The van der Waals surface area contributed by atoms with Gasteiger partial charge >= 0.3 is 6.09 Å². The van der Waals surface area contributed by atoms with Gasteiger partial charge in [-0.3, -0.25) is 4.79 Å². The lowest BCUT2D eigenvalue weighted by molar-refractivity contribution is 0.0746. The average Bonchev–Trinajstić information content (AvgIpc) is 2.78. The summed E-state index contributed by atoms with van der Waals surface area (Å²) in [5, 5.41) is 0.296. The highest BCUT2D eigenvalue weighted by molar-refractivity contribution is 6.29. The highest BCUT2D eigenvalue weighted by Gasteiger charge is 2.23. The zero-order valence-electron chi connectivity index (χ0n) is 13.5. The maximum atomic E-state index is 12.5. The molecule has 1 fully saturated rings. The van der Waals surface area contributed by atoms with Crippen LogP contribution in [-0.2, 0) is 4.74 Å². The summed E-state index contributed by atoms with van der Waals surface area (Å²) in [5.74, 6) is 0.215. The topological polar surface area (TPSA) is 62.7 Å². The van der Waals surface area contributed by atoms with E-state index in [1.807, 2.05) is 13.8 Å². The Kier molecular flexibility index (Phi) is 6.21. The minimum atomic E-state index is -0.306. The van der Waals surface area contributed by atoms with Gasteiger partial charge in [0.25, 0.3) is 5.91 Å². The van der Waals surface area contributed by atoms with Crippen LogP contribution in [0.5, 0.6) is 0 Å². The molecule has 0 saturated carbocycles. The first-order valence-corrected chi connectivity index (χ1v) is 8.17. The first-order valence-electron chi connectivity index (χ1n) is 7.80. The number of amides is 2. The maximum absolute atomic E-state index is 12.5. The molecule has 1 saturated heterocycles. The summed E-state index contributed by atoms with van der Waals surface area (Å²) in [4.78, 5) is 31.8. The third-order valence-electron chi connectivity index (χ3n) is 3.55. The molecule has 0 unspecified atom stereocenters. The van der Waals surface area contributed by atoms with Crippen LogP contribution in [0.3, 0.4) is 0 Å². The van der Waals surface area contributed by atoms with Crippen LogP contribution in [-0.4, -0.2) is 59.6 Å². The molecule has 7 heteroatoms. The van der Waals surface area contributed by atoms with Crippen molar-refractivity contribution in [3.05, 3.63) is 29.0 Å². The van der Waals surface area contributed by atoms with Crippen molar-refractivity contribution in [2.24, 2.45) is 5.92 Å². The molecule has 0 radical (unpaired) electrons. The minimum Gasteiger partial charge on any atom is -0.449 e. The number of aromatic nitrogens is 1. The molecule has 0 N–H and O–H groups in total. The Labute approximate surface area is 141 Å². The van der Waals surface area contributed by atoms with Gasteiger partial charge in [-0.2, -0.15) is 0 Å². The molecule has 1 aromatic heterocycles. The molecule has 2 rings (SSSR count). The standard InChI is InChI=1S/C16H22ClN3O3/c1-12(2)11-23-16(22)20-7-3-6-19(8-9-20)15(21)13-4-5-18-14(17)10-13/h4-5,10,12H,3,6-9,11H2,1-2H3. The van der Waals surface area contributed by atoms with E-state index in [-0.39, 0.29) is 12.0 Å². The van der Waals surface area contributed by atoms with E-state index in [1.165, 1.54) is 6.20 Å². The second kappa shape index (κ2) is 8.15. The predicted octanol–water partition coefficient (Wildman–Crippen LogP) is 2.68. The normalized spacial score (nSPS) is 15.5. The summed E-state index contributed by atoms with van der Waals surface area (Å²) in [6.45, 7) is 6.56. The van der Waals surface area contributed by atoms with Crippen molar-refractivity contribution >= 4 is 23.6 Å². The smallest absolute Gasteiger partial charge is 0.409 e. The van der Waals surface area contributed by atoms with Crippen molar-refractivity contribution in [1.82, 2.24) is 14.8 Å². The van der Waals surface area contributed by atoms with Crippen LogP contribution in [0.1, 0.15) is 30.6 Å². The van der Waals surface area contributed by atoms with Gasteiger partial charge in [-0.1, -0.05) is 25.4 Å². The highest BCUT2D eigenvalue weighted by atomic mass is 35.5. The summed E-state index contributed by atoms with van der Waals surface area (Å²) in [5.41, 5.74) is 0.515. The largest absolute Gasteiger partial charge is 0.449 e. The molecule has 0 bridgehead atoms. The van der Waals surface area contributed by atoms with E-state index < -0.39 is 0 Å². The molecule has 0 aromatic carbocycles. The first kappa shape index (κ1) is 17.5. The van der Waals surface area contributed by atoms with Gasteiger partial charge in [-0.15, -0.1) is 0 Å². The summed E-state index contributed by atoms with van der Waals surface area (Å²) in [7, 11) is 0. The number of carbonyl (C=O) groups excluding carboxylic acids is 2. The van der Waals surface area contributed by atoms with Gasteiger partial charge in [0.1, 0.15) is 5.15 Å². The Morgan fingerprint density at radius 3 is 2.65 bits per heavy atom. The van der Waals surface area contributed by atoms with Gasteiger partial charge in [0.05, 0.1) is 6.61 Å². The van der Waals surface area contributed by atoms with Crippen molar-refractivity contribution in [3.8, 4) is 0 Å². The lowest BCUT2D eigenvalue weighted by Gasteiger charge is -2.22. The van der Waals surface area contributed by atoms with E-state index in [4.69, 9.17) is 16.3 Å². The van der Waals surface area contributed by atoms with Crippen LogP contribution < -0.4 is 0 Å². The zero-order chi connectivity index (χ0) is 16.8. The molecule has 0 atom stereocenters. The summed E-state index contributed by atoms with van der Waals surface area (Å²) >= 11 is 5.83. The monoisotopic (exact) mass is 339 g/mol. The van der Waals surface area contributed by atoms with Gasteiger partial charge < -0.3 is 14.5 Å². The molecule has 1 aromatic rings. The molecule has 23 heavy (non-hydrogen) atoms. The number of hydrogen-bond donors (Lipinski definition) is 0. The van der Waals surface area contributed by atoms with E-state index >= 15 is 0 Å². The third kappa shape index (κ3) is 5.10. The number of rotatable bonds is 3.